The Balaban J connectivity index is 1.74. The molecule has 0 unspecified atom stereocenters. The highest BCUT2D eigenvalue weighted by Gasteiger charge is 2.33. The molecule has 0 radical (unpaired) electrons. The number of likely N-dealkylation sites (N-methyl/N-ethyl adjacent to an activating group) is 1. The minimum atomic E-state index is -3.85. The molecular weight excluding hydrogens is 390 g/mol. The number of carbonyl (C=O) groups excluding carboxylic acids is 1. The van der Waals surface area contributed by atoms with Crippen molar-refractivity contribution in [3.05, 3.63) is 47.5 Å². The number of amides is 1. The molecule has 2 N–H and O–H groups in total. The summed E-state index contributed by atoms with van der Waals surface area (Å²) < 4.78 is 50.5. The summed E-state index contributed by atoms with van der Waals surface area (Å²) in [5.41, 5.74) is 2.43. The van der Waals surface area contributed by atoms with Crippen LogP contribution < -0.4 is 14.3 Å². The molecule has 2 aliphatic rings. The Labute approximate surface area is 157 Å². The fourth-order valence-electron chi connectivity index (χ4n) is 3.51. The number of benzene rings is 2. The van der Waals surface area contributed by atoms with Crippen LogP contribution in [0.2, 0.25) is 0 Å². The molecule has 2 aromatic carbocycles. The first-order valence-corrected chi connectivity index (χ1v) is 11.2. The van der Waals surface area contributed by atoms with Gasteiger partial charge in [0.2, 0.25) is 15.9 Å². The molecule has 0 spiro atoms. The highest BCUT2D eigenvalue weighted by molar-refractivity contribution is 7.92. The van der Waals surface area contributed by atoms with Crippen LogP contribution in [-0.4, -0.2) is 36.3 Å². The Morgan fingerprint density at radius 2 is 1.56 bits per heavy atom. The molecule has 2 aromatic rings. The molecule has 27 heavy (non-hydrogen) atoms. The lowest BCUT2D eigenvalue weighted by molar-refractivity contribution is -0.117. The second kappa shape index (κ2) is 5.78. The van der Waals surface area contributed by atoms with Gasteiger partial charge in [0.1, 0.15) is 0 Å². The first-order chi connectivity index (χ1) is 12.6. The van der Waals surface area contributed by atoms with Crippen molar-refractivity contribution in [1.82, 2.24) is 0 Å². The normalized spacial score (nSPS) is 16.6. The van der Waals surface area contributed by atoms with Crippen LogP contribution >= 0.6 is 0 Å². The van der Waals surface area contributed by atoms with Crippen molar-refractivity contribution in [2.45, 2.75) is 22.6 Å². The average molecular weight is 407 g/mol. The third kappa shape index (κ3) is 2.80. The zero-order chi connectivity index (χ0) is 19.6. The Morgan fingerprint density at radius 3 is 2.26 bits per heavy atom. The van der Waals surface area contributed by atoms with Gasteiger partial charge >= 0.3 is 0 Å². The van der Waals surface area contributed by atoms with Gasteiger partial charge in [0, 0.05) is 19.3 Å². The number of anilines is 2. The molecule has 0 atom stereocenters. The zero-order valence-electron chi connectivity index (χ0n) is 14.4. The van der Waals surface area contributed by atoms with Gasteiger partial charge in [-0.3, -0.25) is 9.10 Å². The number of carbonyl (C=O) groups is 1. The molecule has 2 aliphatic heterocycles. The second-order valence-corrected chi connectivity index (χ2v) is 10.0. The van der Waals surface area contributed by atoms with Crippen molar-refractivity contribution in [1.29, 1.82) is 0 Å². The van der Waals surface area contributed by atoms with E-state index in [1.807, 2.05) is 0 Å². The molecule has 10 heteroatoms. The highest BCUT2D eigenvalue weighted by Crippen LogP contribution is 2.36. The molecular formula is C17H17N3O5S2. The number of hydrogen-bond donors (Lipinski definition) is 1. The highest BCUT2D eigenvalue weighted by atomic mass is 32.2. The van der Waals surface area contributed by atoms with Crippen molar-refractivity contribution in [2.75, 3.05) is 22.8 Å². The topological polar surface area (TPSA) is 118 Å². The fourth-order valence-corrected chi connectivity index (χ4v) is 5.63. The molecule has 0 aliphatic carbocycles. The van der Waals surface area contributed by atoms with E-state index in [4.69, 9.17) is 5.14 Å². The van der Waals surface area contributed by atoms with Gasteiger partial charge in [-0.05, 0) is 53.9 Å². The number of fused-ring (bicyclic) bond motifs is 2. The van der Waals surface area contributed by atoms with E-state index in [-0.39, 0.29) is 28.7 Å². The van der Waals surface area contributed by atoms with E-state index >= 15 is 0 Å². The fraction of sp³-hybridized carbons (Fsp3) is 0.235. The van der Waals surface area contributed by atoms with E-state index in [1.54, 1.807) is 13.1 Å². The molecule has 1 amide bonds. The molecule has 0 aromatic heterocycles. The van der Waals surface area contributed by atoms with Gasteiger partial charge in [-0.25, -0.2) is 22.0 Å². The van der Waals surface area contributed by atoms with Crippen LogP contribution in [0.4, 0.5) is 11.4 Å². The van der Waals surface area contributed by atoms with E-state index < -0.39 is 20.0 Å². The summed E-state index contributed by atoms with van der Waals surface area (Å²) >= 11 is 0. The summed E-state index contributed by atoms with van der Waals surface area (Å²) in [6, 6.07) is 8.83. The molecule has 142 valence electrons. The summed E-state index contributed by atoms with van der Waals surface area (Å²) in [4.78, 5) is 13.4. The maximum absolute atomic E-state index is 13.1. The quantitative estimate of drug-likeness (QED) is 0.800. The lowest BCUT2D eigenvalue weighted by Crippen LogP contribution is -2.29. The Morgan fingerprint density at radius 1 is 0.926 bits per heavy atom. The van der Waals surface area contributed by atoms with Crippen LogP contribution in [0.3, 0.4) is 0 Å². The third-order valence-electron chi connectivity index (χ3n) is 4.95. The number of hydrogen-bond acceptors (Lipinski definition) is 5. The summed E-state index contributed by atoms with van der Waals surface area (Å²) in [6.45, 7) is 0.210. The van der Waals surface area contributed by atoms with Gasteiger partial charge in [-0.1, -0.05) is 0 Å². The van der Waals surface area contributed by atoms with Gasteiger partial charge < -0.3 is 4.90 Å². The smallest absolute Gasteiger partial charge is 0.264 e. The van der Waals surface area contributed by atoms with Gasteiger partial charge in [-0.15, -0.1) is 0 Å². The first kappa shape index (κ1) is 18.0. The Kier molecular flexibility index (Phi) is 3.85. The van der Waals surface area contributed by atoms with Crippen molar-refractivity contribution in [2.24, 2.45) is 5.14 Å². The number of primary sulfonamides is 1. The van der Waals surface area contributed by atoms with Crippen LogP contribution in [0.5, 0.6) is 0 Å². The molecule has 8 nitrogen and oxygen atoms in total. The number of rotatable bonds is 3. The van der Waals surface area contributed by atoms with Crippen molar-refractivity contribution in [3.63, 3.8) is 0 Å². The largest absolute Gasteiger partial charge is 0.315 e. The van der Waals surface area contributed by atoms with Gasteiger partial charge in [0.15, 0.2) is 0 Å². The van der Waals surface area contributed by atoms with E-state index in [0.717, 1.165) is 0 Å². The van der Waals surface area contributed by atoms with Crippen molar-refractivity contribution >= 4 is 37.3 Å². The van der Waals surface area contributed by atoms with Crippen molar-refractivity contribution in [3.8, 4) is 0 Å². The van der Waals surface area contributed by atoms with E-state index in [9.17, 15) is 21.6 Å². The lowest BCUT2D eigenvalue weighted by Gasteiger charge is -2.20. The van der Waals surface area contributed by atoms with Gasteiger partial charge in [0.05, 0.1) is 21.9 Å². The van der Waals surface area contributed by atoms with Crippen LogP contribution in [0.15, 0.2) is 46.2 Å². The summed E-state index contributed by atoms with van der Waals surface area (Å²) in [5.74, 6) is -0.0819. The summed E-state index contributed by atoms with van der Waals surface area (Å²) in [5, 5.41) is 5.15. The van der Waals surface area contributed by atoms with Crippen LogP contribution in [0, 0.1) is 0 Å². The molecule has 4 rings (SSSR count). The Hall–Kier alpha value is -2.43. The van der Waals surface area contributed by atoms with Crippen LogP contribution in [0.25, 0.3) is 0 Å². The molecule has 0 bridgehead atoms. The van der Waals surface area contributed by atoms with E-state index in [2.05, 4.69) is 0 Å². The standard InChI is InChI=1S/C17H17N3O5S2/c1-19-15-4-3-14(9-12(15)10-17(19)21)27(24,25)20-7-6-11-8-13(26(18,22)23)2-5-16(11)20/h2-5,8-9H,6-7,10H2,1H3,(H2,18,22,23). The predicted molar refractivity (Wildman–Crippen MR) is 99.6 cm³/mol. The maximum Gasteiger partial charge on any atom is 0.264 e. The second-order valence-electron chi connectivity index (χ2n) is 6.58. The minimum absolute atomic E-state index is 0.0421. The zero-order valence-corrected chi connectivity index (χ0v) is 16.0. The maximum atomic E-state index is 13.1. The van der Waals surface area contributed by atoms with Crippen LogP contribution in [0.1, 0.15) is 11.1 Å². The minimum Gasteiger partial charge on any atom is -0.315 e. The van der Waals surface area contributed by atoms with E-state index in [0.29, 0.717) is 28.9 Å². The van der Waals surface area contributed by atoms with Crippen molar-refractivity contribution < 1.29 is 21.6 Å². The number of sulfonamides is 2. The first-order valence-electron chi connectivity index (χ1n) is 8.17. The lowest BCUT2D eigenvalue weighted by atomic mass is 10.2. The predicted octanol–water partition coefficient (Wildman–Crippen LogP) is 0.604. The van der Waals surface area contributed by atoms with Gasteiger partial charge in [0.25, 0.3) is 10.0 Å². The van der Waals surface area contributed by atoms with Crippen LogP contribution in [-0.2, 0) is 37.7 Å². The van der Waals surface area contributed by atoms with Gasteiger partial charge in [-0.2, -0.15) is 0 Å². The molecule has 2 heterocycles. The average Bonchev–Trinajstić information content (AvgIpc) is 3.15. The SMILES string of the molecule is CN1C(=O)Cc2cc(S(=O)(=O)N3CCc4cc(S(N)(=O)=O)ccc43)ccc21. The number of nitrogens with zero attached hydrogens (tertiary/aromatic N) is 2. The third-order valence-corrected chi connectivity index (χ3v) is 7.67. The number of nitrogens with two attached hydrogens (primary N) is 1. The summed E-state index contributed by atoms with van der Waals surface area (Å²) in [6.07, 6.45) is 0.563. The molecule has 0 fully saturated rings. The molecule has 0 saturated carbocycles. The monoisotopic (exact) mass is 407 g/mol. The molecule has 0 saturated heterocycles. The summed E-state index contributed by atoms with van der Waals surface area (Å²) in [7, 11) is -6.03. The van der Waals surface area contributed by atoms with E-state index in [1.165, 1.54) is 39.5 Å². The Bertz CT molecular complexity index is 1190.